The molecule has 0 fully saturated rings. The van der Waals surface area contributed by atoms with E-state index in [-0.39, 0.29) is 0 Å². The van der Waals surface area contributed by atoms with Gasteiger partial charge in [0.05, 0.1) is 0 Å². The summed E-state index contributed by atoms with van der Waals surface area (Å²) in [5.41, 5.74) is 4.13. The lowest BCUT2D eigenvalue weighted by molar-refractivity contribution is 0.912. The Morgan fingerprint density at radius 3 is 2.94 bits per heavy atom. The number of anilines is 2. The predicted octanol–water partition coefficient (Wildman–Crippen LogP) is 4.14. The number of hydrogen-bond acceptors (Lipinski definition) is 3. The molecule has 1 aliphatic rings. The number of benzene rings is 1. The summed E-state index contributed by atoms with van der Waals surface area (Å²) in [6.07, 6.45) is 3.74. The Bertz CT molecular complexity index is 521. The summed E-state index contributed by atoms with van der Waals surface area (Å²) in [6, 6.07) is 6.62. The van der Waals surface area contributed by atoms with Crippen LogP contribution in [-0.4, -0.2) is 4.98 Å². The zero-order chi connectivity index (χ0) is 11.0. The summed E-state index contributed by atoms with van der Waals surface area (Å²) in [4.78, 5) is 4.32. The predicted molar refractivity (Wildman–Crippen MR) is 71.6 cm³/mol. The van der Waals surface area contributed by atoms with Crippen LogP contribution in [-0.2, 0) is 12.8 Å². The summed E-state index contributed by atoms with van der Waals surface area (Å²) in [5.74, 6) is 0. The average molecular weight is 295 g/mol. The molecule has 0 aliphatic heterocycles. The molecule has 82 valence electrons. The molecule has 1 aromatic carbocycles. The van der Waals surface area contributed by atoms with Crippen LogP contribution in [0.15, 0.2) is 28.2 Å². The molecule has 0 radical (unpaired) electrons. The van der Waals surface area contributed by atoms with Crippen molar-refractivity contribution >= 4 is 38.1 Å². The van der Waals surface area contributed by atoms with Gasteiger partial charge < -0.3 is 5.32 Å². The monoisotopic (exact) mass is 294 g/mol. The maximum Gasteiger partial charge on any atom is 0.188 e. The average Bonchev–Trinajstić information content (AvgIpc) is 2.87. The molecule has 0 unspecified atom stereocenters. The highest BCUT2D eigenvalue weighted by atomic mass is 79.9. The highest BCUT2D eigenvalue weighted by Crippen LogP contribution is 2.28. The smallest absolute Gasteiger partial charge is 0.188 e. The second-order valence-corrected chi connectivity index (χ2v) is 5.61. The fourth-order valence-corrected chi connectivity index (χ4v) is 3.25. The van der Waals surface area contributed by atoms with Crippen LogP contribution in [0.1, 0.15) is 17.5 Å². The van der Waals surface area contributed by atoms with Crippen LogP contribution >= 0.6 is 27.3 Å². The first-order valence-electron chi connectivity index (χ1n) is 5.31. The van der Waals surface area contributed by atoms with Gasteiger partial charge in [-0.3, -0.25) is 0 Å². The number of hydrogen-bond donors (Lipinski definition) is 1. The van der Waals surface area contributed by atoms with Crippen LogP contribution in [0.4, 0.5) is 10.8 Å². The van der Waals surface area contributed by atoms with Crippen LogP contribution < -0.4 is 5.32 Å². The molecule has 1 aromatic heterocycles. The second-order valence-electron chi connectivity index (χ2n) is 3.94. The van der Waals surface area contributed by atoms with E-state index in [0.29, 0.717) is 0 Å². The maximum atomic E-state index is 4.32. The fraction of sp³-hybridized carbons (Fsp3) is 0.250. The lowest BCUT2D eigenvalue weighted by Gasteiger charge is -2.05. The quantitative estimate of drug-likeness (QED) is 0.900. The normalized spacial score (nSPS) is 13.8. The number of nitrogens with one attached hydrogen (secondary N) is 1. The Morgan fingerprint density at radius 1 is 1.25 bits per heavy atom. The van der Waals surface area contributed by atoms with Crippen LogP contribution in [0.2, 0.25) is 0 Å². The SMILES string of the molecule is Brc1csc(Nc2ccc3c(c2)CCC3)n1. The summed E-state index contributed by atoms with van der Waals surface area (Å²) in [7, 11) is 0. The van der Waals surface area contributed by atoms with Crippen molar-refractivity contribution in [1.82, 2.24) is 4.98 Å². The van der Waals surface area contributed by atoms with Gasteiger partial charge in [0.25, 0.3) is 0 Å². The number of aryl methyl sites for hydroxylation is 2. The third kappa shape index (κ3) is 1.99. The van der Waals surface area contributed by atoms with E-state index >= 15 is 0 Å². The molecule has 16 heavy (non-hydrogen) atoms. The zero-order valence-electron chi connectivity index (χ0n) is 8.66. The van der Waals surface area contributed by atoms with Crippen molar-refractivity contribution in [2.75, 3.05) is 5.32 Å². The van der Waals surface area contributed by atoms with Gasteiger partial charge >= 0.3 is 0 Å². The van der Waals surface area contributed by atoms with Crippen LogP contribution in [0.3, 0.4) is 0 Å². The largest absolute Gasteiger partial charge is 0.332 e. The van der Waals surface area contributed by atoms with Gasteiger partial charge in [-0.1, -0.05) is 6.07 Å². The van der Waals surface area contributed by atoms with Crippen LogP contribution in [0.25, 0.3) is 0 Å². The van der Waals surface area contributed by atoms with Gasteiger partial charge in [-0.05, 0) is 58.5 Å². The first kappa shape index (κ1) is 10.3. The number of halogens is 1. The molecule has 0 saturated heterocycles. The number of nitrogens with zero attached hydrogens (tertiary/aromatic N) is 1. The van der Waals surface area contributed by atoms with Gasteiger partial charge in [0, 0.05) is 11.1 Å². The molecular weight excluding hydrogens is 284 g/mol. The minimum atomic E-state index is 0.890. The second kappa shape index (κ2) is 4.18. The van der Waals surface area contributed by atoms with Crippen molar-refractivity contribution in [2.24, 2.45) is 0 Å². The molecule has 0 spiro atoms. The molecule has 1 aliphatic carbocycles. The van der Waals surface area contributed by atoms with E-state index in [9.17, 15) is 0 Å². The third-order valence-corrected chi connectivity index (χ3v) is 4.29. The molecular formula is C12H11BrN2S. The number of thiazole rings is 1. The highest BCUT2D eigenvalue weighted by Gasteiger charge is 2.11. The maximum absolute atomic E-state index is 4.32. The molecule has 3 rings (SSSR count). The molecule has 2 nitrogen and oxygen atoms in total. The number of aromatic nitrogens is 1. The van der Waals surface area contributed by atoms with E-state index in [1.165, 1.54) is 30.4 Å². The van der Waals surface area contributed by atoms with Crippen molar-refractivity contribution in [2.45, 2.75) is 19.3 Å². The summed E-state index contributed by atoms with van der Waals surface area (Å²) in [5, 5.41) is 6.25. The minimum absolute atomic E-state index is 0.890. The first-order chi connectivity index (χ1) is 7.81. The van der Waals surface area contributed by atoms with Gasteiger partial charge in [0.1, 0.15) is 4.60 Å². The van der Waals surface area contributed by atoms with Crippen LogP contribution in [0.5, 0.6) is 0 Å². The van der Waals surface area contributed by atoms with Gasteiger partial charge in [-0.2, -0.15) is 0 Å². The minimum Gasteiger partial charge on any atom is -0.332 e. The Morgan fingerprint density at radius 2 is 2.12 bits per heavy atom. The van der Waals surface area contributed by atoms with Gasteiger partial charge in [0.2, 0.25) is 0 Å². The topological polar surface area (TPSA) is 24.9 Å². The Kier molecular flexibility index (Phi) is 2.69. The Labute approximate surface area is 107 Å². The van der Waals surface area contributed by atoms with E-state index in [1.807, 2.05) is 5.38 Å². The van der Waals surface area contributed by atoms with Crippen LogP contribution in [0, 0.1) is 0 Å². The van der Waals surface area contributed by atoms with E-state index in [1.54, 1.807) is 11.3 Å². The van der Waals surface area contributed by atoms with E-state index < -0.39 is 0 Å². The number of rotatable bonds is 2. The van der Waals surface area contributed by atoms with E-state index in [2.05, 4.69) is 44.4 Å². The lowest BCUT2D eigenvalue weighted by Crippen LogP contribution is -1.91. The standard InChI is InChI=1S/C12H11BrN2S/c13-11-7-16-12(15-11)14-10-5-4-8-2-1-3-9(8)6-10/h4-7H,1-3H2,(H,14,15). The van der Waals surface area contributed by atoms with E-state index in [4.69, 9.17) is 0 Å². The Hall–Kier alpha value is -0.870. The molecule has 0 amide bonds. The van der Waals surface area contributed by atoms with Gasteiger partial charge in [0.15, 0.2) is 5.13 Å². The lowest BCUT2D eigenvalue weighted by atomic mass is 10.1. The molecule has 0 saturated carbocycles. The highest BCUT2D eigenvalue weighted by molar-refractivity contribution is 9.10. The van der Waals surface area contributed by atoms with Crippen molar-refractivity contribution in [3.05, 3.63) is 39.3 Å². The zero-order valence-corrected chi connectivity index (χ0v) is 11.1. The Balaban J connectivity index is 1.85. The summed E-state index contributed by atoms with van der Waals surface area (Å²) >= 11 is 4.96. The van der Waals surface area contributed by atoms with Gasteiger partial charge in [-0.15, -0.1) is 11.3 Å². The van der Waals surface area contributed by atoms with Crippen molar-refractivity contribution in [3.63, 3.8) is 0 Å². The molecule has 2 aromatic rings. The third-order valence-electron chi connectivity index (χ3n) is 2.83. The molecule has 4 heteroatoms. The summed E-state index contributed by atoms with van der Waals surface area (Å²) in [6.45, 7) is 0. The van der Waals surface area contributed by atoms with Crippen molar-refractivity contribution < 1.29 is 0 Å². The van der Waals surface area contributed by atoms with Crippen molar-refractivity contribution in [3.8, 4) is 0 Å². The van der Waals surface area contributed by atoms with Crippen molar-refractivity contribution in [1.29, 1.82) is 0 Å². The molecule has 0 bridgehead atoms. The fourth-order valence-electron chi connectivity index (χ4n) is 2.08. The first-order valence-corrected chi connectivity index (χ1v) is 6.98. The van der Waals surface area contributed by atoms with E-state index in [0.717, 1.165) is 15.4 Å². The molecule has 1 heterocycles. The molecule has 1 N–H and O–H groups in total. The number of fused-ring (bicyclic) bond motifs is 1. The molecule has 0 atom stereocenters. The van der Waals surface area contributed by atoms with Gasteiger partial charge in [-0.25, -0.2) is 4.98 Å². The summed E-state index contributed by atoms with van der Waals surface area (Å²) < 4.78 is 0.890.